The maximum atomic E-state index is 11.1. The van der Waals surface area contributed by atoms with Gasteiger partial charge in [0, 0.05) is 18.2 Å². The number of primary amides is 1. The molecule has 0 atom stereocenters. The molecule has 3 N–H and O–H groups in total. The van der Waals surface area contributed by atoms with E-state index in [0.29, 0.717) is 12.2 Å². The van der Waals surface area contributed by atoms with Crippen LogP contribution in [-0.4, -0.2) is 17.4 Å². The summed E-state index contributed by atoms with van der Waals surface area (Å²) in [6.45, 7) is 6.75. The van der Waals surface area contributed by atoms with Gasteiger partial charge in [0.1, 0.15) is 5.69 Å². The van der Waals surface area contributed by atoms with E-state index in [4.69, 9.17) is 5.73 Å². The molecular formula is C13H19N3O3. The number of hydrogen-bond donors (Lipinski definition) is 2. The van der Waals surface area contributed by atoms with Crippen LogP contribution in [0.15, 0.2) is 18.2 Å². The largest absolute Gasteiger partial charge is 0.379 e. The molecule has 1 rings (SSSR count). The van der Waals surface area contributed by atoms with Crippen LogP contribution in [0.3, 0.4) is 0 Å². The Kier molecular flexibility index (Phi) is 4.47. The average Bonchev–Trinajstić information content (AvgIpc) is 2.35. The lowest BCUT2D eigenvalue weighted by Gasteiger charge is -2.23. The summed E-state index contributed by atoms with van der Waals surface area (Å²) in [5.74, 6) is -0.604. The van der Waals surface area contributed by atoms with Gasteiger partial charge in [-0.15, -0.1) is 0 Å². The zero-order valence-corrected chi connectivity index (χ0v) is 11.4. The first-order chi connectivity index (χ1) is 8.76. The second-order valence-corrected chi connectivity index (χ2v) is 5.22. The fourth-order valence-corrected chi connectivity index (χ4v) is 1.45. The predicted octanol–water partition coefficient (Wildman–Crippen LogP) is 2.54. The molecule has 0 aliphatic rings. The Morgan fingerprint density at radius 1 is 1.47 bits per heavy atom. The summed E-state index contributed by atoms with van der Waals surface area (Å²) in [5, 5.41) is 14.0. The van der Waals surface area contributed by atoms with Gasteiger partial charge in [-0.2, -0.15) is 0 Å². The summed E-state index contributed by atoms with van der Waals surface area (Å²) in [6, 6.07) is 4.07. The lowest BCUT2D eigenvalue weighted by Crippen LogP contribution is -2.22. The van der Waals surface area contributed by atoms with Crippen molar-refractivity contribution in [2.75, 3.05) is 11.9 Å². The molecule has 0 radical (unpaired) electrons. The van der Waals surface area contributed by atoms with Crippen LogP contribution in [0.25, 0.3) is 0 Å². The molecule has 6 nitrogen and oxygen atoms in total. The molecule has 0 heterocycles. The molecule has 0 aliphatic carbocycles. The molecule has 104 valence electrons. The summed E-state index contributed by atoms with van der Waals surface area (Å²) in [5.41, 5.74) is 5.71. The molecule has 0 unspecified atom stereocenters. The van der Waals surface area contributed by atoms with E-state index in [0.717, 1.165) is 6.42 Å². The highest BCUT2D eigenvalue weighted by molar-refractivity contribution is 5.94. The molecular weight excluding hydrogens is 246 g/mol. The number of benzene rings is 1. The van der Waals surface area contributed by atoms with Gasteiger partial charge in [-0.05, 0) is 24.0 Å². The fourth-order valence-electron chi connectivity index (χ4n) is 1.45. The molecule has 0 bridgehead atoms. The molecule has 1 amide bonds. The molecule has 1 aromatic carbocycles. The predicted molar refractivity (Wildman–Crippen MR) is 74.2 cm³/mol. The van der Waals surface area contributed by atoms with Gasteiger partial charge in [0.05, 0.1) is 4.92 Å². The maximum Gasteiger partial charge on any atom is 0.292 e. The second kappa shape index (κ2) is 5.69. The third-order valence-corrected chi connectivity index (χ3v) is 3.19. The first kappa shape index (κ1) is 14.9. The topological polar surface area (TPSA) is 98.3 Å². The van der Waals surface area contributed by atoms with Gasteiger partial charge in [-0.25, -0.2) is 0 Å². The van der Waals surface area contributed by atoms with Crippen LogP contribution < -0.4 is 11.1 Å². The van der Waals surface area contributed by atoms with E-state index < -0.39 is 10.8 Å². The zero-order chi connectivity index (χ0) is 14.6. The number of nitro groups is 1. The van der Waals surface area contributed by atoms with Crippen molar-refractivity contribution >= 4 is 17.3 Å². The minimum atomic E-state index is -0.604. The van der Waals surface area contributed by atoms with Crippen molar-refractivity contribution in [2.45, 2.75) is 27.2 Å². The molecule has 6 heteroatoms. The van der Waals surface area contributed by atoms with Crippen molar-refractivity contribution in [1.82, 2.24) is 0 Å². The number of hydrogen-bond acceptors (Lipinski definition) is 4. The molecule has 0 aliphatic heterocycles. The molecule has 0 saturated carbocycles. The summed E-state index contributed by atoms with van der Waals surface area (Å²) >= 11 is 0. The highest BCUT2D eigenvalue weighted by Gasteiger charge is 2.19. The van der Waals surface area contributed by atoms with E-state index in [1.165, 1.54) is 18.2 Å². The molecule has 1 aromatic rings. The number of anilines is 1. The van der Waals surface area contributed by atoms with E-state index in [1.54, 1.807) is 0 Å². The van der Waals surface area contributed by atoms with Crippen LogP contribution in [0.5, 0.6) is 0 Å². The van der Waals surface area contributed by atoms with Crippen LogP contribution >= 0.6 is 0 Å². The van der Waals surface area contributed by atoms with Gasteiger partial charge in [0.2, 0.25) is 5.91 Å². The number of amides is 1. The lowest BCUT2D eigenvalue weighted by molar-refractivity contribution is -0.384. The maximum absolute atomic E-state index is 11.1. The first-order valence-electron chi connectivity index (χ1n) is 6.09. The van der Waals surface area contributed by atoms with E-state index in [2.05, 4.69) is 26.1 Å². The molecule has 0 aromatic heterocycles. The van der Waals surface area contributed by atoms with Gasteiger partial charge < -0.3 is 11.1 Å². The Hall–Kier alpha value is -2.11. The second-order valence-electron chi connectivity index (χ2n) is 5.22. The molecule has 19 heavy (non-hydrogen) atoms. The van der Waals surface area contributed by atoms with Crippen molar-refractivity contribution in [3.05, 3.63) is 33.9 Å². The van der Waals surface area contributed by atoms with Crippen molar-refractivity contribution in [3.63, 3.8) is 0 Å². The number of nitrogens with two attached hydrogens (primary N) is 1. The van der Waals surface area contributed by atoms with Gasteiger partial charge in [0.15, 0.2) is 0 Å². The Balaban J connectivity index is 3.04. The Labute approximate surface area is 112 Å². The van der Waals surface area contributed by atoms with Crippen molar-refractivity contribution in [2.24, 2.45) is 11.1 Å². The SMILES string of the molecule is CCC(C)(C)CNc1cc(C(N)=O)ccc1[N+](=O)[O-]. The monoisotopic (exact) mass is 265 g/mol. The third-order valence-electron chi connectivity index (χ3n) is 3.19. The van der Waals surface area contributed by atoms with Crippen LogP contribution in [0.2, 0.25) is 0 Å². The van der Waals surface area contributed by atoms with Gasteiger partial charge in [-0.1, -0.05) is 20.8 Å². The quantitative estimate of drug-likeness (QED) is 0.610. The third kappa shape index (κ3) is 3.94. The van der Waals surface area contributed by atoms with Gasteiger partial charge >= 0.3 is 0 Å². The summed E-state index contributed by atoms with van der Waals surface area (Å²) < 4.78 is 0. The van der Waals surface area contributed by atoms with Crippen LogP contribution in [0.4, 0.5) is 11.4 Å². The highest BCUT2D eigenvalue weighted by Crippen LogP contribution is 2.28. The number of rotatable bonds is 6. The normalized spacial score (nSPS) is 11.1. The van der Waals surface area contributed by atoms with Crippen molar-refractivity contribution in [3.8, 4) is 0 Å². The standard InChI is InChI=1S/C13H19N3O3/c1-4-13(2,3)8-15-10-7-9(12(14)17)5-6-11(10)16(18)19/h5-7,15H,4,8H2,1-3H3,(H2,14,17). The summed E-state index contributed by atoms with van der Waals surface area (Å²) in [4.78, 5) is 21.6. The van der Waals surface area contributed by atoms with E-state index in [-0.39, 0.29) is 16.7 Å². The lowest BCUT2D eigenvalue weighted by atomic mass is 9.90. The average molecular weight is 265 g/mol. The first-order valence-corrected chi connectivity index (χ1v) is 6.09. The number of nitrogens with zero attached hydrogens (tertiary/aromatic N) is 1. The summed E-state index contributed by atoms with van der Waals surface area (Å²) in [7, 11) is 0. The van der Waals surface area contributed by atoms with Gasteiger partial charge in [0.25, 0.3) is 5.69 Å². The van der Waals surface area contributed by atoms with Crippen molar-refractivity contribution < 1.29 is 9.72 Å². The number of nitrogens with one attached hydrogen (secondary N) is 1. The Morgan fingerprint density at radius 3 is 2.58 bits per heavy atom. The van der Waals surface area contributed by atoms with Crippen LogP contribution in [-0.2, 0) is 0 Å². The van der Waals surface area contributed by atoms with Crippen LogP contribution in [0.1, 0.15) is 37.6 Å². The zero-order valence-electron chi connectivity index (χ0n) is 11.4. The smallest absolute Gasteiger partial charge is 0.292 e. The van der Waals surface area contributed by atoms with E-state index >= 15 is 0 Å². The Bertz CT molecular complexity index is 498. The number of carbonyl (C=O) groups excluding carboxylic acids is 1. The van der Waals surface area contributed by atoms with Gasteiger partial charge in [-0.3, -0.25) is 14.9 Å². The highest BCUT2D eigenvalue weighted by atomic mass is 16.6. The molecule has 0 spiro atoms. The number of nitro benzene ring substituents is 1. The summed E-state index contributed by atoms with van der Waals surface area (Å²) in [6.07, 6.45) is 0.934. The van der Waals surface area contributed by atoms with Crippen LogP contribution in [0, 0.1) is 15.5 Å². The van der Waals surface area contributed by atoms with E-state index in [9.17, 15) is 14.9 Å². The fraction of sp³-hybridized carbons (Fsp3) is 0.462. The minimum absolute atomic E-state index is 0.0105. The molecule has 0 saturated heterocycles. The minimum Gasteiger partial charge on any atom is -0.379 e. The van der Waals surface area contributed by atoms with E-state index in [1.807, 2.05) is 0 Å². The number of carbonyl (C=O) groups is 1. The Morgan fingerprint density at radius 2 is 2.11 bits per heavy atom. The van der Waals surface area contributed by atoms with Crippen molar-refractivity contribution in [1.29, 1.82) is 0 Å². The molecule has 0 fully saturated rings.